The molecule has 23 heavy (non-hydrogen) atoms. The number of urea groups is 1. The lowest BCUT2D eigenvalue weighted by Crippen LogP contribution is -2.45. The molecule has 1 fully saturated rings. The summed E-state index contributed by atoms with van der Waals surface area (Å²) in [6.45, 7) is 6.62. The second-order valence-corrected chi connectivity index (χ2v) is 7.09. The third-order valence-corrected chi connectivity index (χ3v) is 4.58. The first-order chi connectivity index (χ1) is 10.6. The van der Waals surface area contributed by atoms with E-state index in [-0.39, 0.29) is 23.8 Å². The van der Waals surface area contributed by atoms with E-state index < -0.39 is 11.4 Å². The number of likely N-dealkylation sites (tertiary alicyclic amines) is 1. The molecule has 2 rings (SSSR count). The van der Waals surface area contributed by atoms with Crippen LogP contribution in [0.5, 0.6) is 0 Å². The standard InChI is InChI=1S/C17H23FN2O3/c1-16(2,12-4-6-13(18)7-5-12)10-19-15(23)20-9-8-17(3,11-20)14(21)22/h4-7H,8-11H2,1-3H3,(H,19,23)(H,21,22). The molecule has 1 heterocycles. The van der Waals surface area contributed by atoms with Crippen LogP contribution in [0.1, 0.15) is 32.8 Å². The lowest BCUT2D eigenvalue weighted by Gasteiger charge is -2.27. The molecule has 2 N–H and O–H groups in total. The van der Waals surface area contributed by atoms with Gasteiger partial charge in [-0.3, -0.25) is 4.79 Å². The number of carbonyl (C=O) groups excluding carboxylic acids is 1. The van der Waals surface area contributed by atoms with E-state index in [2.05, 4.69) is 5.32 Å². The maximum atomic E-state index is 13.0. The third-order valence-electron chi connectivity index (χ3n) is 4.58. The monoisotopic (exact) mass is 322 g/mol. The highest BCUT2D eigenvalue weighted by molar-refractivity contribution is 5.79. The summed E-state index contributed by atoms with van der Waals surface area (Å²) < 4.78 is 13.0. The summed E-state index contributed by atoms with van der Waals surface area (Å²) in [7, 11) is 0. The first-order valence-corrected chi connectivity index (χ1v) is 7.66. The number of nitrogens with zero attached hydrogens (tertiary/aromatic N) is 1. The summed E-state index contributed by atoms with van der Waals surface area (Å²) in [5.74, 6) is -1.17. The molecule has 1 atom stereocenters. The molecule has 126 valence electrons. The fourth-order valence-corrected chi connectivity index (χ4v) is 2.72. The lowest BCUT2D eigenvalue weighted by atomic mass is 9.84. The zero-order chi connectivity index (χ0) is 17.3. The van der Waals surface area contributed by atoms with Crippen molar-refractivity contribution in [1.82, 2.24) is 10.2 Å². The number of carboxylic acid groups (broad SMARTS) is 1. The molecule has 1 aliphatic heterocycles. The Morgan fingerprint density at radius 3 is 2.48 bits per heavy atom. The van der Waals surface area contributed by atoms with Gasteiger partial charge in [-0.05, 0) is 31.0 Å². The summed E-state index contributed by atoms with van der Waals surface area (Å²) in [4.78, 5) is 25.0. The van der Waals surface area contributed by atoms with Gasteiger partial charge in [0.2, 0.25) is 0 Å². The van der Waals surface area contributed by atoms with Crippen LogP contribution in [0.3, 0.4) is 0 Å². The minimum absolute atomic E-state index is 0.213. The number of benzene rings is 1. The van der Waals surface area contributed by atoms with Crippen molar-refractivity contribution in [3.05, 3.63) is 35.6 Å². The van der Waals surface area contributed by atoms with Crippen LogP contribution in [0.2, 0.25) is 0 Å². The minimum atomic E-state index is -0.876. The van der Waals surface area contributed by atoms with Crippen LogP contribution in [0.4, 0.5) is 9.18 Å². The van der Waals surface area contributed by atoms with E-state index in [1.165, 1.54) is 17.0 Å². The summed E-state index contributed by atoms with van der Waals surface area (Å²) in [6.07, 6.45) is 0.455. The molecule has 0 bridgehead atoms. The molecule has 1 saturated heterocycles. The molecule has 1 aromatic carbocycles. The van der Waals surface area contributed by atoms with Crippen molar-refractivity contribution in [2.75, 3.05) is 19.6 Å². The van der Waals surface area contributed by atoms with Crippen LogP contribution in [0, 0.1) is 11.2 Å². The molecule has 0 spiro atoms. The molecule has 5 nitrogen and oxygen atoms in total. The Hall–Kier alpha value is -2.11. The molecular weight excluding hydrogens is 299 g/mol. The number of carbonyl (C=O) groups is 2. The Morgan fingerprint density at radius 2 is 1.96 bits per heavy atom. The first kappa shape index (κ1) is 17.2. The van der Waals surface area contributed by atoms with E-state index in [1.54, 1.807) is 19.1 Å². The third kappa shape index (κ3) is 3.81. The smallest absolute Gasteiger partial charge is 0.317 e. The molecule has 0 aromatic heterocycles. The van der Waals surface area contributed by atoms with Gasteiger partial charge in [0.05, 0.1) is 5.41 Å². The van der Waals surface area contributed by atoms with Crippen molar-refractivity contribution in [2.45, 2.75) is 32.6 Å². The fraction of sp³-hybridized carbons (Fsp3) is 0.529. The molecule has 1 aliphatic rings. The number of hydrogen-bond donors (Lipinski definition) is 2. The van der Waals surface area contributed by atoms with Gasteiger partial charge >= 0.3 is 12.0 Å². The Bertz CT molecular complexity index is 600. The largest absolute Gasteiger partial charge is 0.481 e. The quantitative estimate of drug-likeness (QED) is 0.895. The van der Waals surface area contributed by atoms with Crippen LogP contribution in [-0.4, -0.2) is 41.6 Å². The average molecular weight is 322 g/mol. The van der Waals surface area contributed by atoms with Gasteiger partial charge in [-0.2, -0.15) is 0 Å². The second-order valence-electron chi connectivity index (χ2n) is 7.09. The average Bonchev–Trinajstić information content (AvgIpc) is 2.89. The maximum absolute atomic E-state index is 13.0. The number of rotatable bonds is 4. The van der Waals surface area contributed by atoms with E-state index in [0.29, 0.717) is 19.5 Å². The maximum Gasteiger partial charge on any atom is 0.317 e. The molecule has 0 radical (unpaired) electrons. The van der Waals surface area contributed by atoms with Crippen molar-refractivity contribution in [2.24, 2.45) is 5.41 Å². The Kier molecular flexibility index (Phi) is 4.63. The van der Waals surface area contributed by atoms with Gasteiger partial charge < -0.3 is 15.3 Å². The first-order valence-electron chi connectivity index (χ1n) is 7.66. The number of halogens is 1. The normalized spacial score (nSPS) is 21.3. The summed E-state index contributed by atoms with van der Waals surface area (Å²) in [6, 6.07) is 5.96. The minimum Gasteiger partial charge on any atom is -0.481 e. The summed E-state index contributed by atoms with van der Waals surface area (Å²) in [5.41, 5.74) is -0.292. The van der Waals surface area contributed by atoms with Crippen molar-refractivity contribution in [1.29, 1.82) is 0 Å². The predicted octanol–water partition coefficient (Wildman–Crippen LogP) is 2.61. The molecule has 1 aromatic rings. The van der Waals surface area contributed by atoms with Gasteiger partial charge in [0.15, 0.2) is 0 Å². The summed E-state index contributed by atoms with van der Waals surface area (Å²) in [5, 5.41) is 12.1. The molecule has 0 saturated carbocycles. The van der Waals surface area contributed by atoms with Gasteiger partial charge in [0.1, 0.15) is 5.82 Å². The highest BCUT2D eigenvalue weighted by atomic mass is 19.1. The van der Waals surface area contributed by atoms with Gasteiger partial charge in [-0.15, -0.1) is 0 Å². The number of amides is 2. The second kappa shape index (κ2) is 6.18. The zero-order valence-electron chi connectivity index (χ0n) is 13.7. The van der Waals surface area contributed by atoms with Crippen molar-refractivity contribution in [3.63, 3.8) is 0 Å². The van der Waals surface area contributed by atoms with E-state index >= 15 is 0 Å². The Morgan fingerprint density at radius 1 is 1.35 bits per heavy atom. The Labute approximate surface area is 135 Å². The van der Waals surface area contributed by atoms with Crippen molar-refractivity contribution in [3.8, 4) is 0 Å². The van der Waals surface area contributed by atoms with Gasteiger partial charge in [-0.1, -0.05) is 26.0 Å². The zero-order valence-corrected chi connectivity index (χ0v) is 13.7. The summed E-state index contributed by atoms with van der Waals surface area (Å²) >= 11 is 0. The highest BCUT2D eigenvalue weighted by Gasteiger charge is 2.42. The number of aliphatic carboxylic acids is 1. The van der Waals surface area contributed by atoms with Crippen LogP contribution < -0.4 is 5.32 Å². The molecule has 2 amide bonds. The Balaban J connectivity index is 1.94. The van der Waals surface area contributed by atoms with E-state index in [9.17, 15) is 19.1 Å². The van der Waals surface area contributed by atoms with Gasteiger partial charge in [0.25, 0.3) is 0 Å². The van der Waals surface area contributed by atoms with Crippen LogP contribution >= 0.6 is 0 Å². The number of nitrogens with one attached hydrogen (secondary N) is 1. The van der Waals surface area contributed by atoms with Crippen LogP contribution in [0.25, 0.3) is 0 Å². The number of hydrogen-bond acceptors (Lipinski definition) is 2. The van der Waals surface area contributed by atoms with Gasteiger partial charge in [-0.25, -0.2) is 9.18 Å². The molecular formula is C17H23FN2O3. The van der Waals surface area contributed by atoms with Crippen LogP contribution in [0.15, 0.2) is 24.3 Å². The topological polar surface area (TPSA) is 69.6 Å². The van der Waals surface area contributed by atoms with Crippen molar-refractivity contribution < 1.29 is 19.1 Å². The van der Waals surface area contributed by atoms with Crippen molar-refractivity contribution >= 4 is 12.0 Å². The molecule has 1 unspecified atom stereocenters. The lowest BCUT2D eigenvalue weighted by molar-refractivity contribution is -0.147. The van der Waals surface area contributed by atoms with Crippen LogP contribution in [-0.2, 0) is 10.2 Å². The van der Waals surface area contributed by atoms with E-state index in [4.69, 9.17) is 0 Å². The number of carboxylic acids is 1. The SMILES string of the molecule is CC1(C(=O)O)CCN(C(=O)NCC(C)(C)c2ccc(F)cc2)C1. The van der Waals surface area contributed by atoms with E-state index in [1.807, 2.05) is 13.8 Å². The fourth-order valence-electron chi connectivity index (χ4n) is 2.72. The predicted molar refractivity (Wildman–Crippen MR) is 84.8 cm³/mol. The van der Waals surface area contributed by atoms with E-state index in [0.717, 1.165) is 5.56 Å². The molecule has 6 heteroatoms. The van der Waals surface area contributed by atoms with Gasteiger partial charge in [0, 0.05) is 25.0 Å². The highest BCUT2D eigenvalue weighted by Crippen LogP contribution is 2.30. The molecule has 0 aliphatic carbocycles.